The van der Waals surface area contributed by atoms with Gasteiger partial charge in [-0.3, -0.25) is 4.79 Å². The molecule has 0 bridgehead atoms. The smallest absolute Gasteiger partial charge is 0.248 e. The molecule has 0 aliphatic carbocycles. The Kier molecular flexibility index (Phi) is 7.01. The molecule has 2 rings (SSSR count). The van der Waals surface area contributed by atoms with Crippen LogP contribution in [0.4, 0.5) is 0 Å². The van der Waals surface area contributed by atoms with Gasteiger partial charge in [-0.05, 0) is 19.8 Å². The number of ether oxygens (including phenoxy) is 3. The zero-order valence-corrected chi connectivity index (χ0v) is 14.3. The Morgan fingerprint density at radius 2 is 2.00 bits per heavy atom. The van der Waals surface area contributed by atoms with Crippen LogP contribution in [-0.2, 0) is 25.6 Å². The number of carbonyl (C=O) groups is 1. The highest BCUT2D eigenvalue weighted by Crippen LogP contribution is 2.26. The van der Waals surface area contributed by atoms with E-state index in [1.807, 2.05) is 11.1 Å². The minimum Gasteiger partial charge on any atom is -0.382 e. The summed E-state index contributed by atoms with van der Waals surface area (Å²) in [7, 11) is 3.30. The second-order valence-corrected chi connectivity index (χ2v) is 5.78. The SMILES string of the molecule is COCCOCC(=O)N1CCC(n2c(C)cnc2COC)CC1. The largest absolute Gasteiger partial charge is 0.382 e. The minimum atomic E-state index is 0.0546. The molecule has 2 heterocycles. The molecule has 130 valence electrons. The monoisotopic (exact) mass is 325 g/mol. The Bertz CT molecular complexity index is 496. The molecule has 0 N–H and O–H groups in total. The van der Waals surface area contributed by atoms with Crippen LogP contribution in [0.3, 0.4) is 0 Å². The van der Waals surface area contributed by atoms with Crippen LogP contribution in [0.1, 0.15) is 30.4 Å². The van der Waals surface area contributed by atoms with Crippen LogP contribution < -0.4 is 0 Å². The summed E-state index contributed by atoms with van der Waals surface area (Å²) in [5.41, 5.74) is 1.14. The van der Waals surface area contributed by atoms with Crippen LogP contribution in [0.15, 0.2) is 6.20 Å². The van der Waals surface area contributed by atoms with Gasteiger partial charge in [0.2, 0.25) is 5.91 Å². The molecule has 0 saturated carbocycles. The van der Waals surface area contributed by atoms with Gasteiger partial charge in [-0.2, -0.15) is 0 Å². The van der Waals surface area contributed by atoms with Crippen molar-refractivity contribution in [2.75, 3.05) is 47.1 Å². The zero-order valence-electron chi connectivity index (χ0n) is 14.3. The van der Waals surface area contributed by atoms with Crippen molar-refractivity contribution < 1.29 is 19.0 Å². The normalized spacial score (nSPS) is 16.0. The summed E-state index contributed by atoms with van der Waals surface area (Å²) in [6.07, 6.45) is 3.74. The summed E-state index contributed by atoms with van der Waals surface area (Å²) in [6, 6.07) is 0.376. The second kappa shape index (κ2) is 9.00. The quantitative estimate of drug-likeness (QED) is 0.671. The van der Waals surface area contributed by atoms with Crippen LogP contribution >= 0.6 is 0 Å². The van der Waals surface area contributed by atoms with Gasteiger partial charge in [-0.15, -0.1) is 0 Å². The summed E-state index contributed by atoms with van der Waals surface area (Å²) in [6.45, 7) is 5.17. The Morgan fingerprint density at radius 3 is 2.65 bits per heavy atom. The van der Waals surface area contributed by atoms with Crippen molar-refractivity contribution >= 4 is 5.91 Å². The van der Waals surface area contributed by atoms with Gasteiger partial charge in [0.05, 0.1) is 13.2 Å². The van der Waals surface area contributed by atoms with Crippen LogP contribution in [0.5, 0.6) is 0 Å². The molecule has 1 fully saturated rings. The maximum absolute atomic E-state index is 12.1. The summed E-state index contributed by atoms with van der Waals surface area (Å²) in [5, 5.41) is 0. The lowest BCUT2D eigenvalue weighted by Crippen LogP contribution is -2.41. The van der Waals surface area contributed by atoms with Crippen molar-refractivity contribution in [2.24, 2.45) is 0 Å². The topological polar surface area (TPSA) is 65.8 Å². The van der Waals surface area contributed by atoms with E-state index in [0.717, 1.165) is 37.4 Å². The van der Waals surface area contributed by atoms with Crippen molar-refractivity contribution in [3.63, 3.8) is 0 Å². The van der Waals surface area contributed by atoms with Crippen LogP contribution in [0.2, 0.25) is 0 Å². The third kappa shape index (κ3) is 4.76. The van der Waals surface area contributed by atoms with E-state index in [2.05, 4.69) is 16.5 Å². The van der Waals surface area contributed by atoms with E-state index in [-0.39, 0.29) is 12.5 Å². The van der Waals surface area contributed by atoms with Gasteiger partial charge in [0.25, 0.3) is 0 Å². The highest BCUT2D eigenvalue weighted by Gasteiger charge is 2.26. The average Bonchev–Trinajstić information content (AvgIpc) is 2.92. The van der Waals surface area contributed by atoms with E-state index in [9.17, 15) is 4.79 Å². The predicted molar refractivity (Wildman–Crippen MR) is 85.2 cm³/mol. The maximum atomic E-state index is 12.1. The fraction of sp³-hybridized carbons (Fsp3) is 0.750. The number of imidazole rings is 1. The highest BCUT2D eigenvalue weighted by molar-refractivity contribution is 5.77. The second-order valence-electron chi connectivity index (χ2n) is 5.78. The van der Waals surface area contributed by atoms with Crippen molar-refractivity contribution in [3.8, 4) is 0 Å². The molecule has 1 saturated heterocycles. The fourth-order valence-corrected chi connectivity index (χ4v) is 3.00. The number of rotatable bonds is 8. The van der Waals surface area contributed by atoms with E-state index >= 15 is 0 Å². The van der Waals surface area contributed by atoms with Crippen molar-refractivity contribution in [1.82, 2.24) is 14.5 Å². The number of aryl methyl sites for hydroxylation is 1. The maximum Gasteiger partial charge on any atom is 0.248 e. The van der Waals surface area contributed by atoms with E-state index in [1.54, 1.807) is 14.2 Å². The molecule has 1 aromatic rings. The van der Waals surface area contributed by atoms with Gasteiger partial charge in [-0.1, -0.05) is 0 Å². The van der Waals surface area contributed by atoms with Gasteiger partial charge < -0.3 is 23.7 Å². The molecule has 1 aliphatic heterocycles. The summed E-state index contributed by atoms with van der Waals surface area (Å²) in [4.78, 5) is 18.4. The Balaban J connectivity index is 1.84. The van der Waals surface area contributed by atoms with Crippen LogP contribution in [0.25, 0.3) is 0 Å². The lowest BCUT2D eigenvalue weighted by Gasteiger charge is -2.33. The average molecular weight is 325 g/mol. The number of aromatic nitrogens is 2. The zero-order chi connectivity index (χ0) is 16.7. The number of methoxy groups -OCH3 is 2. The Hall–Kier alpha value is -1.44. The first kappa shape index (κ1) is 17.9. The van der Waals surface area contributed by atoms with Crippen molar-refractivity contribution in [2.45, 2.75) is 32.4 Å². The number of nitrogens with zero attached hydrogens (tertiary/aromatic N) is 3. The Labute approximate surface area is 137 Å². The first-order chi connectivity index (χ1) is 11.2. The molecule has 1 aliphatic rings. The van der Waals surface area contributed by atoms with Crippen molar-refractivity contribution in [1.29, 1.82) is 0 Å². The third-order valence-corrected chi connectivity index (χ3v) is 4.17. The molecule has 0 unspecified atom stereocenters. The molecular formula is C16H27N3O4. The van der Waals surface area contributed by atoms with E-state index in [1.165, 1.54) is 0 Å². The number of hydrogen-bond acceptors (Lipinski definition) is 5. The Morgan fingerprint density at radius 1 is 1.26 bits per heavy atom. The van der Waals surface area contributed by atoms with Gasteiger partial charge >= 0.3 is 0 Å². The first-order valence-electron chi connectivity index (χ1n) is 8.03. The fourth-order valence-electron chi connectivity index (χ4n) is 3.00. The molecular weight excluding hydrogens is 298 g/mol. The number of amides is 1. The van der Waals surface area contributed by atoms with Gasteiger partial charge in [0, 0.05) is 45.2 Å². The van der Waals surface area contributed by atoms with Crippen LogP contribution in [-0.4, -0.2) is 67.5 Å². The third-order valence-electron chi connectivity index (χ3n) is 4.17. The van der Waals surface area contributed by atoms with E-state index < -0.39 is 0 Å². The molecule has 1 aromatic heterocycles. The minimum absolute atomic E-state index is 0.0546. The molecule has 7 nitrogen and oxygen atoms in total. The number of hydrogen-bond donors (Lipinski definition) is 0. The summed E-state index contributed by atoms with van der Waals surface area (Å²) < 4.78 is 17.7. The summed E-state index contributed by atoms with van der Waals surface area (Å²) in [5.74, 6) is 1.01. The molecule has 0 atom stereocenters. The molecule has 0 radical (unpaired) electrons. The van der Waals surface area contributed by atoms with Gasteiger partial charge in [0.15, 0.2) is 0 Å². The number of piperidine rings is 1. The highest BCUT2D eigenvalue weighted by atomic mass is 16.5. The van der Waals surface area contributed by atoms with E-state index in [0.29, 0.717) is 25.9 Å². The molecule has 23 heavy (non-hydrogen) atoms. The molecule has 7 heteroatoms. The van der Waals surface area contributed by atoms with Gasteiger partial charge in [0.1, 0.15) is 19.0 Å². The lowest BCUT2D eigenvalue weighted by molar-refractivity contribution is -0.137. The van der Waals surface area contributed by atoms with Gasteiger partial charge in [-0.25, -0.2) is 4.98 Å². The molecule has 0 spiro atoms. The first-order valence-corrected chi connectivity index (χ1v) is 8.03. The van der Waals surface area contributed by atoms with E-state index in [4.69, 9.17) is 14.2 Å². The number of carbonyl (C=O) groups excluding carboxylic acids is 1. The van der Waals surface area contributed by atoms with Crippen molar-refractivity contribution in [3.05, 3.63) is 17.7 Å². The lowest BCUT2D eigenvalue weighted by atomic mass is 10.0. The standard InChI is InChI=1S/C16H27N3O4/c1-13-10-17-15(11-22-3)19(13)14-4-6-18(7-5-14)16(20)12-23-9-8-21-2/h10,14H,4-9,11-12H2,1-3H3. The molecule has 1 amide bonds. The predicted octanol–water partition coefficient (Wildman–Crippen LogP) is 1.16. The van der Waals surface area contributed by atoms with Crippen LogP contribution in [0, 0.1) is 6.92 Å². The number of likely N-dealkylation sites (tertiary alicyclic amines) is 1. The molecule has 0 aromatic carbocycles. The summed E-state index contributed by atoms with van der Waals surface area (Å²) >= 11 is 0.